The lowest BCUT2D eigenvalue weighted by Crippen LogP contribution is -2.43. The fourth-order valence-electron chi connectivity index (χ4n) is 0.966. The van der Waals surface area contributed by atoms with Crippen LogP contribution in [0.2, 0.25) is 0 Å². The van der Waals surface area contributed by atoms with E-state index in [9.17, 15) is 4.79 Å². The van der Waals surface area contributed by atoms with Crippen molar-refractivity contribution >= 4 is 21.8 Å². The summed E-state index contributed by atoms with van der Waals surface area (Å²) in [5.41, 5.74) is -0.0737. The molecule has 0 aliphatic rings. The predicted octanol–water partition coefficient (Wildman–Crippen LogP) is 2.47. The van der Waals surface area contributed by atoms with E-state index in [0.717, 1.165) is 18.2 Å². The standard InChI is InChI=1S/C9H18BrNO/c1-4-5-8(12)11-9(2,3)6-7-10/h4-7H2,1-3H3,(H,11,12). The lowest BCUT2D eigenvalue weighted by Gasteiger charge is -2.25. The van der Waals surface area contributed by atoms with Crippen LogP contribution in [0.25, 0.3) is 0 Å². The van der Waals surface area contributed by atoms with E-state index in [4.69, 9.17) is 0 Å². The van der Waals surface area contributed by atoms with Gasteiger partial charge in [-0.05, 0) is 26.7 Å². The normalized spacial score (nSPS) is 11.3. The van der Waals surface area contributed by atoms with Crippen molar-refractivity contribution in [3.05, 3.63) is 0 Å². The van der Waals surface area contributed by atoms with Crippen LogP contribution in [0.3, 0.4) is 0 Å². The number of carbonyl (C=O) groups is 1. The third-order valence-corrected chi connectivity index (χ3v) is 2.07. The number of rotatable bonds is 5. The number of hydrogen-bond donors (Lipinski definition) is 1. The van der Waals surface area contributed by atoms with E-state index in [-0.39, 0.29) is 11.4 Å². The SMILES string of the molecule is CCCC(=O)NC(C)(C)CCBr. The third-order valence-electron chi connectivity index (χ3n) is 1.67. The van der Waals surface area contributed by atoms with Gasteiger partial charge in [-0.1, -0.05) is 22.9 Å². The van der Waals surface area contributed by atoms with Crippen LogP contribution in [0, 0.1) is 0 Å². The molecule has 0 aromatic rings. The quantitative estimate of drug-likeness (QED) is 0.730. The molecule has 0 aromatic heterocycles. The molecular formula is C9H18BrNO. The van der Waals surface area contributed by atoms with Crippen molar-refractivity contribution in [3.63, 3.8) is 0 Å². The second-order valence-corrected chi connectivity index (χ2v) is 4.41. The Labute approximate surface area is 83.2 Å². The lowest BCUT2D eigenvalue weighted by molar-refractivity contribution is -0.122. The van der Waals surface area contributed by atoms with Gasteiger partial charge in [-0.3, -0.25) is 4.79 Å². The Morgan fingerprint density at radius 3 is 2.50 bits per heavy atom. The smallest absolute Gasteiger partial charge is 0.220 e. The van der Waals surface area contributed by atoms with E-state index in [1.54, 1.807) is 0 Å². The Morgan fingerprint density at radius 1 is 1.50 bits per heavy atom. The Hall–Kier alpha value is -0.0500. The topological polar surface area (TPSA) is 29.1 Å². The minimum absolute atomic E-state index is 0.0737. The van der Waals surface area contributed by atoms with E-state index in [2.05, 4.69) is 21.2 Å². The molecule has 0 bridgehead atoms. The first-order valence-electron chi connectivity index (χ1n) is 4.39. The Kier molecular flexibility index (Phi) is 5.55. The highest BCUT2D eigenvalue weighted by Gasteiger charge is 2.18. The fraction of sp³-hybridized carbons (Fsp3) is 0.889. The molecule has 72 valence electrons. The van der Waals surface area contributed by atoms with Crippen LogP contribution in [-0.4, -0.2) is 16.8 Å². The van der Waals surface area contributed by atoms with Gasteiger partial charge in [0.2, 0.25) is 5.91 Å². The molecule has 0 fully saturated rings. The molecule has 0 aliphatic carbocycles. The zero-order valence-corrected chi connectivity index (χ0v) is 9.70. The van der Waals surface area contributed by atoms with Gasteiger partial charge < -0.3 is 5.32 Å². The van der Waals surface area contributed by atoms with E-state index < -0.39 is 0 Å². The van der Waals surface area contributed by atoms with Crippen LogP contribution >= 0.6 is 15.9 Å². The Balaban J connectivity index is 3.79. The van der Waals surface area contributed by atoms with Crippen molar-refractivity contribution in [2.24, 2.45) is 0 Å². The molecule has 12 heavy (non-hydrogen) atoms. The summed E-state index contributed by atoms with van der Waals surface area (Å²) < 4.78 is 0. The number of nitrogens with one attached hydrogen (secondary N) is 1. The van der Waals surface area contributed by atoms with E-state index in [0.29, 0.717) is 6.42 Å². The van der Waals surface area contributed by atoms with Gasteiger partial charge in [-0.15, -0.1) is 0 Å². The van der Waals surface area contributed by atoms with Crippen LogP contribution in [0.1, 0.15) is 40.0 Å². The van der Waals surface area contributed by atoms with E-state index >= 15 is 0 Å². The average molecular weight is 236 g/mol. The molecule has 0 heterocycles. The van der Waals surface area contributed by atoms with Crippen LogP contribution in [0.5, 0.6) is 0 Å². The van der Waals surface area contributed by atoms with Crippen LogP contribution in [0.15, 0.2) is 0 Å². The predicted molar refractivity (Wildman–Crippen MR) is 55.5 cm³/mol. The highest BCUT2D eigenvalue weighted by Crippen LogP contribution is 2.10. The van der Waals surface area contributed by atoms with Gasteiger partial charge in [0.15, 0.2) is 0 Å². The maximum Gasteiger partial charge on any atom is 0.220 e. The number of halogens is 1. The molecule has 0 unspecified atom stereocenters. The van der Waals surface area contributed by atoms with Gasteiger partial charge in [-0.2, -0.15) is 0 Å². The van der Waals surface area contributed by atoms with Gasteiger partial charge in [0.1, 0.15) is 0 Å². The third kappa shape index (κ3) is 5.58. The highest BCUT2D eigenvalue weighted by atomic mass is 79.9. The summed E-state index contributed by atoms with van der Waals surface area (Å²) in [6.45, 7) is 6.10. The largest absolute Gasteiger partial charge is 0.351 e. The van der Waals surface area contributed by atoms with Crippen molar-refractivity contribution in [1.29, 1.82) is 0 Å². The van der Waals surface area contributed by atoms with Gasteiger partial charge in [-0.25, -0.2) is 0 Å². The first-order valence-corrected chi connectivity index (χ1v) is 5.51. The molecule has 0 atom stereocenters. The van der Waals surface area contributed by atoms with Crippen LogP contribution in [-0.2, 0) is 4.79 Å². The summed E-state index contributed by atoms with van der Waals surface area (Å²) in [6, 6.07) is 0. The van der Waals surface area contributed by atoms with Gasteiger partial charge in [0.25, 0.3) is 0 Å². The molecule has 0 aliphatic heterocycles. The Morgan fingerprint density at radius 2 is 2.08 bits per heavy atom. The zero-order chi connectivity index (χ0) is 9.61. The first-order chi connectivity index (χ1) is 5.52. The fourth-order valence-corrected chi connectivity index (χ4v) is 1.96. The van der Waals surface area contributed by atoms with E-state index in [1.165, 1.54) is 0 Å². The molecule has 0 rings (SSSR count). The molecule has 0 saturated heterocycles. The molecule has 0 saturated carbocycles. The molecular weight excluding hydrogens is 218 g/mol. The van der Waals surface area contributed by atoms with Gasteiger partial charge in [0, 0.05) is 17.3 Å². The summed E-state index contributed by atoms with van der Waals surface area (Å²) in [6.07, 6.45) is 2.50. The van der Waals surface area contributed by atoms with Gasteiger partial charge >= 0.3 is 0 Å². The molecule has 3 heteroatoms. The molecule has 1 amide bonds. The number of alkyl halides is 1. The second kappa shape index (κ2) is 5.57. The number of amides is 1. The van der Waals surface area contributed by atoms with Crippen molar-refractivity contribution in [3.8, 4) is 0 Å². The van der Waals surface area contributed by atoms with Crippen LogP contribution < -0.4 is 5.32 Å². The molecule has 1 N–H and O–H groups in total. The highest BCUT2D eigenvalue weighted by molar-refractivity contribution is 9.09. The molecule has 0 radical (unpaired) electrons. The Bertz CT molecular complexity index is 145. The van der Waals surface area contributed by atoms with E-state index in [1.807, 2.05) is 20.8 Å². The molecule has 2 nitrogen and oxygen atoms in total. The van der Waals surface area contributed by atoms with Crippen molar-refractivity contribution in [2.45, 2.75) is 45.6 Å². The van der Waals surface area contributed by atoms with Crippen molar-refractivity contribution < 1.29 is 4.79 Å². The average Bonchev–Trinajstić information content (AvgIpc) is 1.85. The van der Waals surface area contributed by atoms with Crippen LogP contribution in [0.4, 0.5) is 0 Å². The number of hydrogen-bond acceptors (Lipinski definition) is 1. The lowest BCUT2D eigenvalue weighted by atomic mass is 10.0. The summed E-state index contributed by atoms with van der Waals surface area (Å²) in [5.74, 6) is 0.156. The van der Waals surface area contributed by atoms with Crippen molar-refractivity contribution in [1.82, 2.24) is 5.32 Å². The van der Waals surface area contributed by atoms with Crippen molar-refractivity contribution in [2.75, 3.05) is 5.33 Å². The molecule has 0 aromatic carbocycles. The zero-order valence-electron chi connectivity index (χ0n) is 8.11. The monoisotopic (exact) mass is 235 g/mol. The summed E-state index contributed by atoms with van der Waals surface area (Å²) in [4.78, 5) is 11.2. The maximum absolute atomic E-state index is 11.2. The van der Waals surface area contributed by atoms with Gasteiger partial charge in [0.05, 0.1) is 0 Å². The second-order valence-electron chi connectivity index (χ2n) is 3.62. The minimum Gasteiger partial charge on any atom is -0.351 e. The number of carbonyl (C=O) groups excluding carboxylic acids is 1. The first kappa shape index (κ1) is 11.9. The summed E-state index contributed by atoms with van der Waals surface area (Å²) in [7, 11) is 0. The summed E-state index contributed by atoms with van der Waals surface area (Å²) in [5, 5.41) is 3.91. The molecule has 0 spiro atoms. The summed E-state index contributed by atoms with van der Waals surface area (Å²) >= 11 is 3.36. The minimum atomic E-state index is -0.0737. The maximum atomic E-state index is 11.2.